The first kappa shape index (κ1) is 9.18. The Morgan fingerprint density at radius 1 is 0.325 bits per heavy atom. The van der Waals surface area contributed by atoms with E-state index >= 15 is 0 Å². The van der Waals surface area contributed by atoms with Gasteiger partial charge in [0.15, 0.2) is 0 Å². The molecule has 0 radical (unpaired) electrons. The summed E-state index contributed by atoms with van der Waals surface area (Å²) in [5.41, 5.74) is -2.52. The topological polar surface area (TPSA) is 0 Å². The van der Waals surface area contributed by atoms with E-state index in [-0.39, 0.29) is 26.9 Å². The van der Waals surface area contributed by atoms with Gasteiger partial charge < -0.3 is 0 Å². The van der Waals surface area contributed by atoms with Gasteiger partial charge in [-0.2, -0.15) is 0 Å². The van der Waals surface area contributed by atoms with E-state index in [0.29, 0.717) is 0 Å². The van der Waals surface area contributed by atoms with E-state index in [1.54, 1.807) is 0 Å². The fraction of sp³-hybridized carbons (Fsp3) is 0. The van der Waals surface area contributed by atoms with E-state index in [1.807, 2.05) is 0 Å². The Balaban J connectivity index is 1.78. The minimum atomic E-state index is -0.925. The second-order valence-electron chi connectivity index (χ2n) is 9.08. The Morgan fingerprint density at radius 2 is 0.925 bits per heavy atom. The summed E-state index contributed by atoms with van der Waals surface area (Å²) in [7, 11) is 0. The van der Waals surface area contributed by atoms with Gasteiger partial charge in [0, 0.05) is 0 Å². The molecule has 0 saturated carbocycles. The number of rotatable bonds is 2. The third-order valence-corrected chi connectivity index (χ3v) is 7.07. The first-order chi connectivity index (χ1) is 29.4. The second kappa shape index (κ2) is 8.15. The van der Waals surface area contributed by atoms with Gasteiger partial charge in [0.05, 0.1) is 31.5 Å². The van der Waals surface area contributed by atoms with Crippen molar-refractivity contribution in [1.29, 1.82) is 0 Å². The smallest absolute Gasteiger partial charge is 0.0622 e. The van der Waals surface area contributed by atoms with Gasteiger partial charge in [0.2, 0.25) is 0 Å². The molecule has 0 N–H and O–H groups in total. The Bertz CT molecular complexity index is 3680. The SMILES string of the molecule is [2H]c1cc2c([2H])c([2H])c3c([2H])c([2H])c(-c4c5c([2H])c([2H])c([2H])c([2H])c5c(-c5c([2H])c([2H])c([2H])c([2H])c5[2H])c5c([2H])c([2H])c6c([2H])c([2H])c([2H])c([2H])c6c45)c4c([2H])c([2H])c(c1[2H])c2c34. The normalized spacial score (nSPS) is 20.1. The lowest BCUT2D eigenvalue weighted by Crippen LogP contribution is -1.93. The van der Waals surface area contributed by atoms with Crippen molar-refractivity contribution in [3.63, 3.8) is 0 Å². The van der Waals surface area contributed by atoms with E-state index in [9.17, 15) is 12.3 Å². The third-order valence-electron chi connectivity index (χ3n) is 7.07. The fourth-order valence-electron chi connectivity index (χ4n) is 5.47. The van der Waals surface area contributed by atoms with Crippen LogP contribution < -0.4 is 0 Å². The van der Waals surface area contributed by atoms with Crippen molar-refractivity contribution >= 4 is 64.6 Å². The average molecular weight is 528 g/mol. The zero-order valence-electron chi connectivity index (χ0n) is 43.1. The molecular weight excluding hydrogens is 480 g/mol. The van der Waals surface area contributed by atoms with E-state index < -0.39 is 199 Å². The molecule has 0 heterocycles. The molecule has 0 aliphatic rings. The molecule has 0 saturated heterocycles. The van der Waals surface area contributed by atoms with Gasteiger partial charge in [-0.05, 0) is 86.9 Å². The minimum absolute atomic E-state index is 0.120. The van der Waals surface area contributed by atoms with Crippen LogP contribution in [0.2, 0.25) is 0 Å². The quantitative estimate of drug-likeness (QED) is 0.155. The highest BCUT2D eigenvalue weighted by atomic mass is 14.2. The van der Waals surface area contributed by atoms with Crippen LogP contribution >= 0.6 is 0 Å². The predicted octanol–water partition coefficient (Wildman–Crippen LogP) is 11.4. The van der Waals surface area contributed by atoms with Crippen LogP contribution in [0.1, 0.15) is 31.5 Å². The molecule has 9 rings (SSSR count). The standard InChI is InChI=1S/C40H24/c1-2-10-26(11-3-1)37-31-15-6-7-16-32(31)40(39-30-14-5-4-9-25(30)19-24-35(37)39)34-23-21-29-18-17-27-12-8-13-28-20-22-33(34)38(29)36(27)28/h1-24H/i1D,2D,3D,4D,5D,6D,7D,8D,9D,10D,11D,13D,14D,15D,16D,17D,18D,19D,20D,21D,22D,23D,24D. The van der Waals surface area contributed by atoms with Crippen LogP contribution in [0, 0.1) is 0 Å². The summed E-state index contributed by atoms with van der Waals surface area (Å²) in [6, 6.07) is -17.5. The van der Waals surface area contributed by atoms with Crippen LogP contribution in [-0.2, 0) is 0 Å². The maximum Gasteiger partial charge on any atom is 0.0630 e. The summed E-state index contributed by atoms with van der Waals surface area (Å²) in [6.45, 7) is 0. The zero-order valence-corrected chi connectivity index (χ0v) is 20.1. The largest absolute Gasteiger partial charge is 0.0630 e. The van der Waals surface area contributed by atoms with Gasteiger partial charge in [0.25, 0.3) is 0 Å². The van der Waals surface area contributed by atoms with Crippen LogP contribution in [0.3, 0.4) is 0 Å². The maximum absolute atomic E-state index is 9.68. The van der Waals surface area contributed by atoms with Crippen molar-refractivity contribution in [1.82, 2.24) is 0 Å². The molecule has 0 heteroatoms. The maximum atomic E-state index is 9.68. The first-order valence-electron chi connectivity index (χ1n) is 23.6. The van der Waals surface area contributed by atoms with Gasteiger partial charge in [0.1, 0.15) is 0 Å². The second-order valence-corrected chi connectivity index (χ2v) is 9.08. The Labute approximate surface area is 264 Å². The summed E-state index contributed by atoms with van der Waals surface area (Å²) in [5.74, 6) is 0. The van der Waals surface area contributed by atoms with E-state index in [1.165, 1.54) is 0 Å². The average Bonchev–Trinajstić information content (AvgIpc) is 3.25. The van der Waals surface area contributed by atoms with Crippen LogP contribution in [0.25, 0.3) is 86.9 Å². The molecule has 0 bridgehead atoms. The molecule has 9 aromatic carbocycles. The Hall–Kier alpha value is -5.20. The lowest BCUT2D eigenvalue weighted by atomic mass is 9.82. The lowest BCUT2D eigenvalue weighted by Gasteiger charge is -2.21. The molecule has 0 fully saturated rings. The highest BCUT2D eigenvalue weighted by Gasteiger charge is 2.20. The molecule has 9 aromatic rings. The number of fused-ring (bicyclic) bond motifs is 4. The van der Waals surface area contributed by atoms with Crippen molar-refractivity contribution in [2.75, 3.05) is 0 Å². The molecule has 0 aromatic heterocycles. The van der Waals surface area contributed by atoms with Gasteiger partial charge >= 0.3 is 0 Å². The molecule has 0 atom stereocenters. The highest BCUT2D eigenvalue weighted by Crippen LogP contribution is 2.48. The molecule has 0 unspecified atom stereocenters. The van der Waals surface area contributed by atoms with Crippen LogP contribution in [0.4, 0.5) is 0 Å². The van der Waals surface area contributed by atoms with Crippen molar-refractivity contribution in [3.05, 3.63) is 145 Å². The van der Waals surface area contributed by atoms with Crippen molar-refractivity contribution in [2.45, 2.75) is 0 Å². The summed E-state index contributed by atoms with van der Waals surface area (Å²) in [6.07, 6.45) is 0. The van der Waals surface area contributed by atoms with E-state index in [0.717, 1.165) is 6.07 Å². The van der Waals surface area contributed by atoms with Crippen LogP contribution in [0.15, 0.2) is 145 Å². The molecule has 0 nitrogen and oxygen atoms in total. The van der Waals surface area contributed by atoms with Crippen molar-refractivity contribution in [3.8, 4) is 22.3 Å². The molecule has 0 aliphatic heterocycles. The van der Waals surface area contributed by atoms with E-state index in [4.69, 9.17) is 19.2 Å². The Kier molecular flexibility index (Phi) is 1.87. The van der Waals surface area contributed by atoms with Gasteiger partial charge in [-0.25, -0.2) is 0 Å². The Morgan fingerprint density at radius 3 is 1.80 bits per heavy atom. The van der Waals surface area contributed by atoms with Crippen molar-refractivity contribution in [2.24, 2.45) is 0 Å². The molecule has 184 valence electrons. The first-order valence-corrected chi connectivity index (χ1v) is 12.1. The monoisotopic (exact) mass is 527 g/mol. The molecule has 0 amide bonds. The number of benzene rings is 9. The van der Waals surface area contributed by atoms with Gasteiger partial charge in [-0.3, -0.25) is 0 Å². The minimum Gasteiger partial charge on any atom is -0.0622 e. The molecule has 0 spiro atoms. The third kappa shape index (κ3) is 2.91. The number of hydrogen-bond acceptors (Lipinski definition) is 0. The lowest BCUT2D eigenvalue weighted by molar-refractivity contribution is 1.67. The molecule has 40 heavy (non-hydrogen) atoms. The van der Waals surface area contributed by atoms with E-state index in [2.05, 4.69) is 0 Å². The summed E-state index contributed by atoms with van der Waals surface area (Å²) in [5, 5.41) is -5.24. The fourth-order valence-corrected chi connectivity index (χ4v) is 5.47. The summed E-state index contributed by atoms with van der Waals surface area (Å²) >= 11 is 0. The summed E-state index contributed by atoms with van der Waals surface area (Å²) < 4.78 is 207. The van der Waals surface area contributed by atoms with Crippen LogP contribution in [0.5, 0.6) is 0 Å². The molecular formula is C40H24. The summed E-state index contributed by atoms with van der Waals surface area (Å²) in [4.78, 5) is 0. The highest BCUT2D eigenvalue weighted by molar-refractivity contribution is 6.32. The predicted molar refractivity (Wildman–Crippen MR) is 174 cm³/mol. The zero-order chi connectivity index (χ0) is 46.2. The van der Waals surface area contributed by atoms with Gasteiger partial charge in [-0.1, -0.05) is 145 Å². The van der Waals surface area contributed by atoms with Crippen molar-refractivity contribution < 1.29 is 31.5 Å². The van der Waals surface area contributed by atoms with Crippen LogP contribution in [-0.4, -0.2) is 0 Å². The van der Waals surface area contributed by atoms with Gasteiger partial charge in [-0.15, -0.1) is 0 Å². The molecule has 0 aliphatic carbocycles. The number of hydrogen-bond donors (Lipinski definition) is 0.